The number of alkyl halides is 2. The van der Waals surface area contributed by atoms with Gasteiger partial charge in [0.1, 0.15) is 11.9 Å². The number of carboxylic acid groups (broad SMARTS) is 1. The second-order valence-corrected chi connectivity index (χ2v) is 11.6. The van der Waals surface area contributed by atoms with Crippen molar-refractivity contribution in [3.63, 3.8) is 0 Å². The number of rotatable bonds is 9. The molecule has 220 valence electrons. The zero-order valence-corrected chi connectivity index (χ0v) is 23.9. The van der Waals surface area contributed by atoms with Gasteiger partial charge in [-0.15, -0.1) is 11.3 Å². The number of halogens is 4. The largest absolute Gasteiger partial charge is 0.481 e. The van der Waals surface area contributed by atoms with Crippen molar-refractivity contribution in [1.82, 2.24) is 20.1 Å². The summed E-state index contributed by atoms with van der Waals surface area (Å²) in [6.07, 6.45) is 1.98. The molecule has 2 N–H and O–H groups in total. The molecular weight excluding hydrogens is 583 g/mol. The van der Waals surface area contributed by atoms with Crippen molar-refractivity contribution in [2.75, 3.05) is 32.8 Å². The van der Waals surface area contributed by atoms with E-state index in [1.165, 1.54) is 30.4 Å². The molecule has 0 saturated carbocycles. The second-order valence-electron chi connectivity index (χ2n) is 10.3. The van der Waals surface area contributed by atoms with Gasteiger partial charge in [0.2, 0.25) is 0 Å². The Balaban J connectivity index is 1.54. The molecule has 2 fully saturated rings. The minimum absolute atomic E-state index is 0.00987. The first-order chi connectivity index (χ1) is 19.5. The van der Waals surface area contributed by atoms with E-state index in [4.69, 9.17) is 16.3 Å². The molecule has 9 nitrogen and oxygen atoms in total. The summed E-state index contributed by atoms with van der Waals surface area (Å²) in [6, 6.07) is 1.37. The first-order valence-electron chi connectivity index (χ1n) is 13.2. The fourth-order valence-electron chi connectivity index (χ4n) is 5.84. The van der Waals surface area contributed by atoms with Crippen LogP contribution in [0, 0.1) is 11.7 Å². The molecule has 0 bridgehead atoms. The standard InChI is InChI=1S/C27H29ClF3N5O4S/c1-3-40-26(39)19-17(12-36-13-27(30,31)22-18(36)7-9-35(22)11-14(2)25(37)38)33-23(24-32-8-10-41-24)34-21(19)15-5-4-6-16(29)20(15)28/h4-6,8,10,14,18,21-22H,3,7,9,11-13H2,1-2H3,(H,33,34)(H,37,38)/t14-,18-,21-,22+/m0/s1. The van der Waals surface area contributed by atoms with Crippen LogP contribution in [0.2, 0.25) is 5.02 Å². The van der Waals surface area contributed by atoms with Crippen molar-refractivity contribution in [2.24, 2.45) is 10.9 Å². The predicted molar refractivity (Wildman–Crippen MR) is 147 cm³/mol. The van der Waals surface area contributed by atoms with Gasteiger partial charge in [-0.3, -0.25) is 19.6 Å². The van der Waals surface area contributed by atoms with Crippen LogP contribution in [0.5, 0.6) is 0 Å². The van der Waals surface area contributed by atoms with Crippen molar-refractivity contribution >= 4 is 40.7 Å². The molecule has 2 aromatic rings. The van der Waals surface area contributed by atoms with E-state index in [1.54, 1.807) is 34.4 Å². The summed E-state index contributed by atoms with van der Waals surface area (Å²) in [5.41, 5.74) is 0.547. The Morgan fingerprint density at radius 1 is 1.34 bits per heavy atom. The Morgan fingerprint density at radius 2 is 2.12 bits per heavy atom. The highest BCUT2D eigenvalue weighted by atomic mass is 35.5. The SMILES string of the molecule is CCOC(=O)C1=C(CN2CC(F)(F)[C@H]3[C@@H]2CCN3C[C@H](C)C(=O)O)NC(c2nccs2)=N[C@H]1c1cccc(F)c1Cl. The number of carboxylic acids is 1. The summed E-state index contributed by atoms with van der Waals surface area (Å²) < 4.78 is 50.8. The molecule has 0 amide bonds. The molecule has 3 aliphatic rings. The molecule has 0 spiro atoms. The summed E-state index contributed by atoms with van der Waals surface area (Å²) in [6.45, 7) is 2.85. The van der Waals surface area contributed by atoms with E-state index < -0.39 is 54.3 Å². The number of thiazole rings is 1. The monoisotopic (exact) mass is 611 g/mol. The number of carbonyl (C=O) groups is 2. The summed E-state index contributed by atoms with van der Waals surface area (Å²) >= 11 is 7.63. The van der Waals surface area contributed by atoms with E-state index in [1.807, 2.05) is 0 Å². The molecule has 1 aromatic carbocycles. The van der Waals surface area contributed by atoms with Crippen molar-refractivity contribution in [2.45, 2.75) is 44.3 Å². The number of benzene rings is 1. The van der Waals surface area contributed by atoms with Crippen LogP contribution >= 0.6 is 22.9 Å². The lowest BCUT2D eigenvalue weighted by Gasteiger charge is -2.31. The third kappa shape index (κ3) is 5.72. The zero-order valence-electron chi connectivity index (χ0n) is 22.3. The Labute approximate surface area is 243 Å². The Hall–Kier alpha value is -3.00. The number of ether oxygens (including phenoxy) is 1. The van der Waals surface area contributed by atoms with E-state index >= 15 is 8.78 Å². The third-order valence-corrected chi connectivity index (χ3v) is 8.79. The highest BCUT2D eigenvalue weighted by molar-refractivity contribution is 7.11. The third-order valence-electron chi connectivity index (χ3n) is 7.61. The van der Waals surface area contributed by atoms with Crippen LogP contribution in [-0.2, 0) is 14.3 Å². The van der Waals surface area contributed by atoms with Gasteiger partial charge >= 0.3 is 11.9 Å². The maximum atomic E-state index is 15.5. The van der Waals surface area contributed by atoms with E-state index in [-0.39, 0.29) is 41.6 Å². The van der Waals surface area contributed by atoms with Gasteiger partial charge < -0.3 is 15.2 Å². The summed E-state index contributed by atoms with van der Waals surface area (Å²) in [5.74, 6) is -6.09. The molecule has 3 aliphatic heterocycles. The van der Waals surface area contributed by atoms with Crippen LogP contribution < -0.4 is 5.32 Å². The van der Waals surface area contributed by atoms with Crippen molar-refractivity contribution < 1.29 is 32.6 Å². The number of likely N-dealkylation sites (tertiary alicyclic amines) is 2. The fraction of sp³-hybridized carbons (Fsp3) is 0.481. The van der Waals surface area contributed by atoms with Gasteiger partial charge in [-0.25, -0.2) is 22.9 Å². The van der Waals surface area contributed by atoms with Crippen LogP contribution in [0.1, 0.15) is 36.9 Å². The first-order valence-corrected chi connectivity index (χ1v) is 14.4. The van der Waals surface area contributed by atoms with Gasteiger partial charge in [0.25, 0.3) is 5.92 Å². The molecule has 41 heavy (non-hydrogen) atoms. The average molecular weight is 612 g/mol. The molecule has 4 atom stereocenters. The Kier molecular flexibility index (Phi) is 8.42. The van der Waals surface area contributed by atoms with E-state index in [9.17, 15) is 19.1 Å². The number of carbonyl (C=O) groups excluding carboxylic acids is 1. The number of hydrogen-bond acceptors (Lipinski definition) is 9. The summed E-state index contributed by atoms with van der Waals surface area (Å²) in [4.78, 5) is 36.9. The minimum Gasteiger partial charge on any atom is -0.481 e. The fourth-order valence-corrected chi connectivity index (χ4v) is 6.65. The average Bonchev–Trinajstić information content (AvgIpc) is 3.65. The van der Waals surface area contributed by atoms with Crippen molar-refractivity contribution in [3.8, 4) is 0 Å². The number of aliphatic imine (C=N–C) groups is 1. The second kappa shape index (κ2) is 11.7. The van der Waals surface area contributed by atoms with Crippen LogP contribution in [0.25, 0.3) is 0 Å². The number of esters is 1. The zero-order chi connectivity index (χ0) is 29.5. The number of fused-ring (bicyclic) bond motifs is 1. The molecular formula is C27H29ClF3N5O4S. The number of amidine groups is 1. The first kappa shape index (κ1) is 29.5. The highest BCUT2D eigenvalue weighted by Crippen LogP contribution is 2.43. The maximum Gasteiger partial charge on any atom is 0.338 e. The molecule has 0 radical (unpaired) electrons. The molecule has 1 aromatic heterocycles. The molecule has 0 aliphatic carbocycles. The summed E-state index contributed by atoms with van der Waals surface area (Å²) in [7, 11) is 0. The highest BCUT2D eigenvalue weighted by Gasteiger charge is 2.59. The van der Waals surface area contributed by atoms with Crippen molar-refractivity contribution in [1.29, 1.82) is 0 Å². The van der Waals surface area contributed by atoms with Gasteiger partial charge in [0.15, 0.2) is 10.8 Å². The van der Waals surface area contributed by atoms with Gasteiger partial charge in [0, 0.05) is 48.5 Å². The van der Waals surface area contributed by atoms with Gasteiger partial charge in [0.05, 0.1) is 35.7 Å². The smallest absolute Gasteiger partial charge is 0.338 e. The number of aliphatic carboxylic acids is 1. The van der Waals surface area contributed by atoms with Crippen LogP contribution in [0.3, 0.4) is 0 Å². The molecule has 5 rings (SSSR count). The topological polar surface area (TPSA) is 107 Å². The lowest BCUT2D eigenvalue weighted by atomic mass is 9.95. The lowest BCUT2D eigenvalue weighted by Crippen LogP contribution is -2.47. The van der Waals surface area contributed by atoms with Gasteiger partial charge in [-0.1, -0.05) is 30.7 Å². The van der Waals surface area contributed by atoms with Crippen LogP contribution in [-0.4, -0.2) is 88.5 Å². The molecule has 0 unspecified atom stereocenters. The number of aromatic nitrogens is 1. The van der Waals surface area contributed by atoms with E-state index in [2.05, 4.69) is 15.3 Å². The minimum atomic E-state index is -3.11. The molecule has 2 saturated heterocycles. The molecule has 4 heterocycles. The van der Waals surface area contributed by atoms with Crippen molar-refractivity contribution in [3.05, 3.63) is 62.5 Å². The summed E-state index contributed by atoms with van der Waals surface area (Å²) in [5, 5.41) is 14.5. The lowest BCUT2D eigenvalue weighted by molar-refractivity contribution is -0.142. The maximum absolute atomic E-state index is 15.5. The normalized spacial score (nSPS) is 25.0. The Bertz CT molecular complexity index is 1390. The number of nitrogens with zero attached hydrogens (tertiary/aromatic N) is 4. The van der Waals surface area contributed by atoms with Crippen LogP contribution in [0.4, 0.5) is 13.2 Å². The Morgan fingerprint density at radius 3 is 2.80 bits per heavy atom. The van der Waals surface area contributed by atoms with Gasteiger partial charge in [-0.2, -0.15) is 0 Å². The van der Waals surface area contributed by atoms with E-state index in [0.29, 0.717) is 23.8 Å². The predicted octanol–water partition coefficient (Wildman–Crippen LogP) is 3.96. The number of hydrogen-bond donors (Lipinski definition) is 2. The van der Waals surface area contributed by atoms with E-state index in [0.717, 1.165) is 0 Å². The van der Waals surface area contributed by atoms with Gasteiger partial charge in [-0.05, 0) is 19.4 Å². The number of nitrogens with one attached hydrogen (secondary N) is 1. The molecule has 14 heteroatoms. The quantitative estimate of drug-likeness (QED) is 0.411. The van der Waals surface area contributed by atoms with Crippen LogP contribution in [0.15, 0.2) is 46.0 Å².